The van der Waals surface area contributed by atoms with Gasteiger partial charge in [0.05, 0.1) is 11.9 Å². The molecule has 0 fully saturated rings. The summed E-state index contributed by atoms with van der Waals surface area (Å²) in [5.74, 6) is 0.176. The van der Waals surface area contributed by atoms with Gasteiger partial charge in [0.1, 0.15) is 0 Å². The van der Waals surface area contributed by atoms with Gasteiger partial charge in [0.25, 0.3) is 0 Å². The Morgan fingerprint density at radius 2 is 1.88 bits per heavy atom. The number of nitrogens with one attached hydrogen (secondary N) is 1. The van der Waals surface area contributed by atoms with E-state index in [9.17, 15) is 13.5 Å². The molecule has 0 saturated heterocycles. The molecular formula is C11H25NO3S. The second kappa shape index (κ2) is 6.57. The molecule has 0 aliphatic heterocycles. The van der Waals surface area contributed by atoms with Gasteiger partial charge in [-0.15, -0.1) is 0 Å². The molecule has 0 heterocycles. The van der Waals surface area contributed by atoms with Crippen LogP contribution in [0.2, 0.25) is 0 Å². The fourth-order valence-electron chi connectivity index (χ4n) is 1.19. The van der Waals surface area contributed by atoms with Gasteiger partial charge in [-0.05, 0) is 18.3 Å². The fraction of sp³-hybridized carbons (Fsp3) is 1.00. The van der Waals surface area contributed by atoms with Crippen LogP contribution in [0.4, 0.5) is 0 Å². The van der Waals surface area contributed by atoms with E-state index in [1.807, 2.05) is 27.7 Å². The number of unbranched alkanes of at least 4 members (excludes halogenated alkanes) is 1. The van der Waals surface area contributed by atoms with Gasteiger partial charge in [-0.3, -0.25) is 0 Å². The van der Waals surface area contributed by atoms with Crippen molar-refractivity contribution in [1.82, 2.24) is 4.72 Å². The molecule has 98 valence electrons. The van der Waals surface area contributed by atoms with E-state index in [4.69, 9.17) is 0 Å². The second-order valence-electron chi connectivity index (χ2n) is 5.24. The van der Waals surface area contributed by atoms with Crippen LogP contribution in [0.5, 0.6) is 0 Å². The molecule has 0 bridgehead atoms. The summed E-state index contributed by atoms with van der Waals surface area (Å²) in [6.07, 6.45) is 1.51. The van der Waals surface area contributed by atoms with Crippen molar-refractivity contribution in [1.29, 1.82) is 0 Å². The van der Waals surface area contributed by atoms with Crippen molar-refractivity contribution in [3.05, 3.63) is 0 Å². The van der Waals surface area contributed by atoms with E-state index >= 15 is 0 Å². The zero-order chi connectivity index (χ0) is 12.8. The van der Waals surface area contributed by atoms with E-state index in [-0.39, 0.29) is 11.2 Å². The van der Waals surface area contributed by atoms with E-state index in [2.05, 4.69) is 4.72 Å². The van der Waals surface area contributed by atoms with E-state index < -0.39 is 16.1 Å². The van der Waals surface area contributed by atoms with Crippen LogP contribution in [-0.2, 0) is 10.0 Å². The van der Waals surface area contributed by atoms with E-state index in [0.717, 1.165) is 6.42 Å². The third-order valence-electron chi connectivity index (χ3n) is 2.51. The molecule has 0 aromatic rings. The highest BCUT2D eigenvalue weighted by Gasteiger charge is 2.22. The summed E-state index contributed by atoms with van der Waals surface area (Å²) in [4.78, 5) is 0. The summed E-state index contributed by atoms with van der Waals surface area (Å²) >= 11 is 0. The first-order valence-electron chi connectivity index (χ1n) is 5.84. The molecule has 0 aromatic heterocycles. The third kappa shape index (κ3) is 7.19. The number of sulfonamides is 1. The molecule has 0 rings (SSSR count). The summed E-state index contributed by atoms with van der Waals surface area (Å²) < 4.78 is 25.4. The maximum absolute atomic E-state index is 11.4. The van der Waals surface area contributed by atoms with Gasteiger partial charge in [0, 0.05) is 6.54 Å². The number of rotatable bonds is 7. The fourth-order valence-corrected chi connectivity index (χ4v) is 2.43. The number of hydrogen-bond acceptors (Lipinski definition) is 3. The van der Waals surface area contributed by atoms with Crippen LogP contribution in [0, 0.1) is 5.41 Å². The number of hydrogen-bond donors (Lipinski definition) is 2. The molecule has 4 nitrogen and oxygen atoms in total. The first-order valence-corrected chi connectivity index (χ1v) is 7.49. The highest BCUT2D eigenvalue weighted by Crippen LogP contribution is 2.20. The minimum absolute atomic E-state index is 0.176. The highest BCUT2D eigenvalue weighted by molar-refractivity contribution is 7.89. The predicted molar refractivity (Wildman–Crippen MR) is 66.8 cm³/mol. The topological polar surface area (TPSA) is 66.4 Å². The first kappa shape index (κ1) is 15.9. The van der Waals surface area contributed by atoms with Gasteiger partial charge >= 0.3 is 0 Å². The van der Waals surface area contributed by atoms with Crippen molar-refractivity contribution < 1.29 is 13.5 Å². The first-order chi connectivity index (χ1) is 7.19. The second-order valence-corrected chi connectivity index (χ2v) is 7.16. The molecule has 0 radical (unpaired) electrons. The van der Waals surface area contributed by atoms with Gasteiger partial charge in [-0.1, -0.05) is 34.1 Å². The summed E-state index contributed by atoms with van der Waals surface area (Å²) in [5.41, 5.74) is -0.200. The monoisotopic (exact) mass is 251 g/mol. The quantitative estimate of drug-likeness (QED) is 0.720. The average molecular weight is 251 g/mol. The lowest BCUT2D eigenvalue weighted by atomic mass is 9.87. The number of aliphatic hydroxyl groups excluding tert-OH is 1. The van der Waals surface area contributed by atoms with Crippen LogP contribution >= 0.6 is 0 Å². The minimum atomic E-state index is -3.15. The molecular weight excluding hydrogens is 226 g/mol. The van der Waals surface area contributed by atoms with Crippen molar-refractivity contribution in [3.63, 3.8) is 0 Å². The Balaban J connectivity index is 3.90. The van der Waals surface area contributed by atoms with Crippen LogP contribution in [0.1, 0.15) is 47.0 Å². The largest absolute Gasteiger partial charge is 0.393 e. The lowest BCUT2D eigenvalue weighted by molar-refractivity contribution is 0.0571. The molecule has 1 atom stereocenters. The highest BCUT2D eigenvalue weighted by atomic mass is 32.2. The molecule has 0 saturated carbocycles. The van der Waals surface area contributed by atoms with Gasteiger partial charge in [-0.25, -0.2) is 13.1 Å². The number of aliphatic hydroxyl groups is 1. The molecule has 0 aromatic carbocycles. The van der Waals surface area contributed by atoms with Crippen molar-refractivity contribution in [2.75, 3.05) is 12.3 Å². The summed E-state index contributed by atoms with van der Waals surface area (Å²) in [5, 5.41) is 9.72. The summed E-state index contributed by atoms with van der Waals surface area (Å²) in [6.45, 7) is 8.07. The van der Waals surface area contributed by atoms with Crippen molar-refractivity contribution in [2.45, 2.75) is 53.1 Å². The maximum atomic E-state index is 11.4. The van der Waals surface area contributed by atoms with Gasteiger partial charge in [0.2, 0.25) is 10.0 Å². The SMILES string of the molecule is CCCCS(=O)(=O)NCC[C@H](O)C(C)(C)C. The lowest BCUT2D eigenvalue weighted by Gasteiger charge is -2.25. The zero-order valence-electron chi connectivity index (χ0n) is 10.8. The van der Waals surface area contributed by atoms with Crippen LogP contribution in [0.3, 0.4) is 0 Å². The van der Waals surface area contributed by atoms with Crippen molar-refractivity contribution in [3.8, 4) is 0 Å². The molecule has 16 heavy (non-hydrogen) atoms. The molecule has 5 heteroatoms. The summed E-state index contributed by atoms with van der Waals surface area (Å²) in [7, 11) is -3.15. The predicted octanol–water partition coefficient (Wildman–Crippen LogP) is 1.50. The molecule has 0 unspecified atom stereocenters. The summed E-state index contributed by atoms with van der Waals surface area (Å²) in [6, 6.07) is 0. The Labute approximate surface area is 99.5 Å². The van der Waals surface area contributed by atoms with Gasteiger partial charge < -0.3 is 5.11 Å². The van der Waals surface area contributed by atoms with E-state index in [1.54, 1.807) is 0 Å². The van der Waals surface area contributed by atoms with Crippen LogP contribution in [-0.4, -0.2) is 31.9 Å². The standard InChI is InChI=1S/C11H25NO3S/c1-5-6-9-16(14,15)12-8-7-10(13)11(2,3)4/h10,12-13H,5-9H2,1-4H3/t10-/m0/s1. The Morgan fingerprint density at radius 3 is 2.31 bits per heavy atom. The maximum Gasteiger partial charge on any atom is 0.211 e. The Hall–Kier alpha value is -0.130. The van der Waals surface area contributed by atoms with Crippen LogP contribution in [0.25, 0.3) is 0 Å². The minimum Gasteiger partial charge on any atom is -0.393 e. The van der Waals surface area contributed by atoms with Crippen LogP contribution in [0.15, 0.2) is 0 Å². The Kier molecular flexibility index (Phi) is 6.51. The Morgan fingerprint density at radius 1 is 1.31 bits per heavy atom. The molecule has 0 aliphatic carbocycles. The zero-order valence-corrected chi connectivity index (χ0v) is 11.6. The normalized spacial score (nSPS) is 15.1. The molecule has 0 amide bonds. The van der Waals surface area contributed by atoms with E-state index in [0.29, 0.717) is 19.4 Å². The van der Waals surface area contributed by atoms with Crippen molar-refractivity contribution in [2.24, 2.45) is 5.41 Å². The van der Waals surface area contributed by atoms with Crippen molar-refractivity contribution >= 4 is 10.0 Å². The Bertz CT molecular complexity index is 280. The van der Waals surface area contributed by atoms with Crippen LogP contribution < -0.4 is 4.72 Å². The van der Waals surface area contributed by atoms with E-state index in [1.165, 1.54) is 0 Å². The smallest absolute Gasteiger partial charge is 0.211 e. The van der Waals surface area contributed by atoms with Gasteiger partial charge in [0.15, 0.2) is 0 Å². The van der Waals surface area contributed by atoms with Gasteiger partial charge in [-0.2, -0.15) is 0 Å². The average Bonchev–Trinajstić information content (AvgIpc) is 2.13. The molecule has 0 aliphatic rings. The third-order valence-corrected chi connectivity index (χ3v) is 3.98. The lowest BCUT2D eigenvalue weighted by Crippen LogP contribution is -2.33. The molecule has 0 spiro atoms. The molecule has 2 N–H and O–H groups in total.